The minimum absolute atomic E-state index is 0.588. The third kappa shape index (κ3) is 2.60. The fraction of sp³-hybridized carbons (Fsp3) is 0.0435. The van der Waals surface area contributed by atoms with Crippen LogP contribution in [0.1, 0.15) is 16.7 Å². The SMILES string of the molecule is [SiH3]OC(c1ccccc1)(c1ccccc1)c1cccc2ccccc12. The van der Waals surface area contributed by atoms with Crippen LogP contribution in [0, 0.1) is 0 Å². The zero-order valence-corrected chi connectivity index (χ0v) is 16.2. The Hall–Kier alpha value is -2.68. The molecule has 0 saturated heterocycles. The fourth-order valence-corrected chi connectivity index (χ4v) is 4.39. The Morgan fingerprint density at radius 3 is 1.68 bits per heavy atom. The third-order valence-corrected chi connectivity index (χ3v) is 5.45. The maximum atomic E-state index is 6.44. The van der Waals surface area contributed by atoms with E-state index in [1.165, 1.54) is 16.3 Å². The van der Waals surface area contributed by atoms with Crippen LogP contribution in [0.5, 0.6) is 0 Å². The summed E-state index contributed by atoms with van der Waals surface area (Å²) in [5.74, 6) is 0. The fourth-order valence-electron chi connectivity index (χ4n) is 3.70. The predicted molar refractivity (Wildman–Crippen MR) is 108 cm³/mol. The van der Waals surface area contributed by atoms with Gasteiger partial charge < -0.3 is 4.43 Å². The van der Waals surface area contributed by atoms with E-state index >= 15 is 0 Å². The monoisotopic (exact) mass is 340 g/mol. The number of fused-ring (bicyclic) bond motifs is 1. The van der Waals surface area contributed by atoms with Crippen LogP contribution in [0.3, 0.4) is 0 Å². The highest BCUT2D eigenvalue weighted by Crippen LogP contribution is 2.42. The first-order valence-electron chi connectivity index (χ1n) is 8.51. The van der Waals surface area contributed by atoms with E-state index in [-0.39, 0.29) is 0 Å². The molecule has 25 heavy (non-hydrogen) atoms. The lowest BCUT2D eigenvalue weighted by atomic mass is 9.78. The highest BCUT2D eigenvalue weighted by Gasteiger charge is 2.36. The van der Waals surface area contributed by atoms with E-state index in [1.807, 2.05) is 0 Å². The molecule has 0 bridgehead atoms. The Balaban J connectivity index is 2.11. The van der Waals surface area contributed by atoms with Gasteiger partial charge in [0.1, 0.15) is 16.1 Å². The normalized spacial score (nSPS) is 11.7. The highest BCUT2D eigenvalue weighted by atomic mass is 28.2. The summed E-state index contributed by atoms with van der Waals surface area (Å²) in [5, 5.41) is 2.46. The van der Waals surface area contributed by atoms with Crippen LogP contribution in [0.25, 0.3) is 10.8 Å². The quantitative estimate of drug-likeness (QED) is 0.394. The van der Waals surface area contributed by atoms with Crippen LogP contribution in [-0.4, -0.2) is 10.5 Å². The summed E-state index contributed by atoms with van der Waals surface area (Å²) >= 11 is 0. The zero-order valence-electron chi connectivity index (χ0n) is 14.2. The molecule has 0 spiro atoms. The maximum absolute atomic E-state index is 6.44. The highest BCUT2D eigenvalue weighted by molar-refractivity contribution is 5.99. The Labute approximate surface area is 151 Å². The van der Waals surface area contributed by atoms with E-state index in [9.17, 15) is 0 Å². The van der Waals surface area contributed by atoms with Gasteiger partial charge in [0.05, 0.1) is 0 Å². The second-order valence-corrected chi connectivity index (χ2v) is 6.55. The summed E-state index contributed by atoms with van der Waals surface area (Å²) in [5.41, 5.74) is 2.92. The van der Waals surface area contributed by atoms with Crippen molar-refractivity contribution < 1.29 is 4.43 Å². The Kier molecular flexibility index (Phi) is 4.22. The van der Waals surface area contributed by atoms with Gasteiger partial charge in [-0.1, -0.05) is 103 Å². The Morgan fingerprint density at radius 1 is 0.560 bits per heavy atom. The second-order valence-electron chi connectivity index (χ2n) is 6.14. The number of rotatable bonds is 4. The summed E-state index contributed by atoms with van der Waals surface area (Å²) < 4.78 is 6.44. The molecule has 0 aliphatic rings. The van der Waals surface area contributed by atoms with Crippen molar-refractivity contribution in [2.45, 2.75) is 5.60 Å². The molecule has 0 heterocycles. The van der Waals surface area contributed by atoms with Gasteiger partial charge in [0.25, 0.3) is 0 Å². The maximum Gasteiger partial charge on any atom is 0.148 e. The predicted octanol–water partition coefficient (Wildman–Crippen LogP) is 4.43. The van der Waals surface area contributed by atoms with E-state index in [4.69, 9.17) is 4.43 Å². The van der Waals surface area contributed by atoms with Crippen molar-refractivity contribution in [3.63, 3.8) is 0 Å². The number of hydrogen-bond acceptors (Lipinski definition) is 1. The molecular formula is C23H20OSi. The van der Waals surface area contributed by atoms with Crippen LogP contribution in [-0.2, 0) is 10.0 Å². The van der Waals surface area contributed by atoms with Gasteiger partial charge >= 0.3 is 0 Å². The lowest BCUT2D eigenvalue weighted by Gasteiger charge is -2.36. The van der Waals surface area contributed by atoms with Gasteiger partial charge in [-0.2, -0.15) is 0 Å². The van der Waals surface area contributed by atoms with Crippen LogP contribution >= 0.6 is 0 Å². The molecule has 0 atom stereocenters. The molecule has 4 rings (SSSR count). The summed E-state index contributed by atoms with van der Waals surface area (Å²) in [6.07, 6.45) is 0. The van der Waals surface area contributed by atoms with E-state index in [0.717, 1.165) is 11.1 Å². The first-order valence-corrected chi connectivity index (χ1v) is 9.32. The van der Waals surface area contributed by atoms with Gasteiger partial charge in [-0.15, -0.1) is 0 Å². The molecule has 0 amide bonds. The molecule has 1 nitrogen and oxygen atoms in total. The van der Waals surface area contributed by atoms with Crippen LogP contribution in [0.2, 0.25) is 0 Å². The zero-order chi connectivity index (χ0) is 17.1. The largest absolute Gasteiger partial charge is 0.411 e. The van der Waals surface area contributed by atoms with E-state index in [0.29, 0.717) is 10.5 Å². The van der Waals surface area contributed by atoms with Gasteiger partial charge in [0.2, 0.25) is 0 Å². The van der Waals surface area contributed by atoms with Crippen molar-refractivity contribution in [1.82, 2.24) is 0 Å². The topological polar surface area (TPSA) is 9.23 Å². The minimum atomic E-state index is -0.588. The summed E-state index contributed by atoms with van der Waals surface area (Å²) in [4.78, 5) is 0. The van der Waals surface area contributed by atoms with E-state index in [2.05, 4.69) is 103 Å². The summed E-state index contributed by atoms with van der Waals surface area (Å²) in [6, 6.07) is 36.1. The van der Waals surface area contributed by atoms with Crippen molar-refractivity contribution in [1.29, 1.82) is 0 Å². The van der Waals surface area contributed by atoms with Crippen LogP contribution in [0.15, 0.2) is 103 Å². The molecule has 0 aliphatic carbocycles. The van der Waals surface area contributed by atoms with Crippen LogP contribution < -0.4 is 0 Å². The first-order chi connectivity index (χ1) is 12.4. The van der Waals surface area contributed by atoms with E-state index in [1.54, 1.807) is 0 Å². The standard InChI is InChI=1S/C23H20OSi/c25-24-23(19-12-3-1-4-13-19,20-14-5-2-6-15-20)22-17-9-11-18-10-7-8-16-21(18)22/h1-17H,25H3. The molecule has 0 radical (unpaired) electrons. The van der Waals surface area contributed by atoms with Crippen molar-refractivity contribution in [3.05, 3.63) is 120 Å². The Morgan fingerprint density at radius 2 is 1.08 bits per heavy atom. The molecule has 0 aromatic heterocycles. The van der Waals surface area contributed by atoms with Crippen molar-refractivity contribution >= 4 is 21.3 Å². The smallest absolute Gasteiger partial charge is 0.148 e. The summed E-state index contributed by atoms with van der Waals surface area (Å²) in [6.45, 7) is 0. The molecule has 122 valence electrons. The minimum Gasteiger partial charge on any atom is -0.411 e. The number of hydrogen-bond donors (Lipinski definition) is 0. The lowest BCUT2D eigenvalue weighted by Crippen LogP contribution is -2.32. The molecule has 4 aromatic carbocycles. The van der Waals surface area contributed by atoms with Gasteiger partial charge in [-0.3, -0.25) is 0 Å². The van der Waals surface area contributed by atoms with E-state index < -0.39 is 5.60 Å². The molecule has 0 saturated carbocycles. The molecule has 0 aliphatic heterocycles. The third-order valence-electron chi connectivity index (χ3n) is 4.84. The van der Waals surface area contributed by atoms with Crippen LogP contribution in [0.4, 0.5) is 0 Å². The summed E-state index contributed by atoms with van der Waals surface area (Å²) in [7, 11) is 0.626. The molecule has 2 heteroatoms. The molecule has 0 N–H and O–H groups in total. The Bertz CT molecular complexity index is 936. The van der Waals surface area contributed by atoms with Gasteiger partial charge in [0, 0.05) is 0 Å². The van der Waals surface area contributed by atoms with Gasteiger partial charge in [0.15, 0.2) is 0 Å². The van der Waals surface area contributed by atoms with Gasteiger partial charge in [-0.05, 0) is 27.5 Å². The van der Waals surface area contributed by atoms with Gasteiger partial charge in [-0.25, -0.2) is 0 Å². The lowest BCUT2D eigenvalue weighted by molar-refractivity contribution is 0.175. The van der Waals surface area contributed by atoms with Crippen molar-refractivity contribution in [2.24, 2.45) is 0 Å². The first kappa shape index (κ1) is 15.8. The molecule has 0 unspecified atom stereocenters. The van der Waals surface area contributed by atoms with Crippen molar-refractivity contribution in [2.75, 3.05) is 0 Å². The molecule has 0 fully saturated rings. The molecular weight excluding hydrogens is 320 g/mol. The average molecular weight is 340 g/mol. The number of benzene rings is 4. The van der Waals surface area contributed by atoms with Crippen molar-refractivity contribution in [3.8, 4) is 0 Å². The average Bonchev–Trinajstić information content (AvgIpc) is 2.71. The molecule has 4 aromatic rings. The second kappa shape index (κ2) is 6.67.